The molecule has 88 valence electrons. The second-order valence-electron chi connectivity index (χ2n) is 4.03. The van der Waals surface area contributed by atoms with Crippen LogP contribution < -0.4 is 5.69 Å². The van der Waals surface area contributed by atoms with Crippen molar-refractivity contribution in [2.75, 3.05) is 0 Å². The lowest BCUT2D eigenvalue weighted by Gasteiger charge is -2.03. The number of Topliss-reactive ketones (excluding diaryl/α,β-unsaturated/α-hetero) is 1. The first-order valence-corrected chi connectivity index (χ1v) is 5.19. The Morgan fingerprint density at radius 2 is 1.88 bits per heavy atom. The van der Waals surface area contributed by atoms with Gasteiger partial charge in [0.15, 0.2) is 5.78 Å². The molecular formula is C12H12N2O3. The van der Waals surface area contributed by atoms with E-state index in [9.17, 15) is 14.4 Å². The number of fused-ring (bicyclic) bond motifs is 1. The van der Waals surface area contributed by atoms with Crippen LogP contribution in [0, 0.1) is 6.92 Å². The van der Waals surface area contributed by atoms with Crippen LogP contribution in [0.25, 0.3) is 11.0 Å². The average Bonchev–Trinajstić information content (AvgIpc) is 2.51. The number of aromatic nitrogens is 2. The van der Waals surface area contributed by atoms with Crippen molar-refractivity contribution < 1.29 is 9.59 Å². The molecule has 2 rings (SSSR count). The van der Waals surface area contributed by atoms with E-state index < -0.39 is 5.69 Å². The van der Waals surface area contributed by atoms with Crippen molar-refractivity contribution in [1.82, 2.24) is 9.55 Å². The standard InChI is InChI=1S/C12H12N2O3/c1-6-4-10-11(5-9(6)7(2)15)14(8(3)16)12(17)13-10/h4-5H,1-3H3,(H,13,17). The minimum atomic E-state index is -0.479. The number of nitrogens with one attached hydrogen (secondary N) is 1. The largest absolute Gasteiger partial charge is 0.333 e. The summed E-state index contributed by atoms with van der Waals surface area (Å²) < 4.78 is 1.03. The first kappa shape index (κ1) is 11.3. The second-order valence-corrected chi connectivity index (χ2v) is 4.03. The van der Waals surface area contributed by atoms with Crippen LogP contribution in [0.2, 0.25) is 0 Å². The lowest BCUT2D eigenvalue weighted by Crippen LogP contribution is -2.21. The van der Waals surface area contributed by atoms with Crippen LogP contribution in [-0.2, 0) is 0 Å². The van der Waals surface area contributed by atoms with Crippen molar-refractivity contribution in [2.24, 2.45) is 0 Å². The van der Waals surface area contributed by atoms with Gasteiger partial charge in [-0.05, 0) is 31.5 Å². The van der Waals surface area contributed by atoms with Crippen LogP contribution in [0.4, 0.5) is 0 Å². The molecule has 17 heavy (non-hydrogen) atoms. The Morgan fingerprint density at radius 1 is 1.24 bits per heavy atom. The number of hydrogen-bond acceptors (Lipinski definition) is 3. The molecule has 0 radical (unpaired) electrons. The van der Waals surface area contributed by atoms with Gasteiger partial charge >= 0.3 is 5.69 Å². The predicted octanol–water partition coefficient (Wildman–Crippen LogP) is 1.50. The third-order valence-electron chi connectivity index (χ3n) is 2.72. The Labute approximate surface area is 97.1 Å². The number of nitrogens with zero attached hydrogens (tertiary/aromatic N) is 1. The third-order valence-corrected chi connectivity index (χ3v) is 2.72. The fourth-order valence-electron chi connectivity index (χ4n) is 1.95. The zero-order chi connectivity index (χ0) is 12.7. The number of H-pyrrole nitrogens is 1. The number of ketones is 1. The van der Waals surface area contributed by atoms with Crippen molar-refractivity contribution >= 4 is 22.7 Å². The van der Waals surface area contributed by atoms with E-state index in [-0.39, 0.29) is 11.7 Å². The number of aryl methyl sites for hydroxylation is 1. The molecule has 1 aromatic heterocycles. The van der Waals surface area contributed by atoms with Crippen molar-refractivity contribution in [1.29, 1.82) is 0 Å². The van der Waals surface area contributed by atoms with Crippen molar-refractivity contribution in [2.45, 2.75) is 20.8 Å². The summed E-state index contributed by atoms with van der Waals surface area (Å²) in [7, 11) is 0. The van der Waals surface area contributed by atoms with Crippen molar-refractivity contribution in [3.8, 4) is 0 Å². The smallest absolute Gasteiger partial charge is 0.305 e. The number of hydrogen-bond donors (Lipinski definition) is 1. The Balaban J connectivity index is 2.91. The molecule has 0 spiro atoms. The van der Waals surface area contributed by atoms with Crippen LogP contribution in [0.3, 0.4) is 0 Å². The maximum Gasteiger partial charge on any atom is 0.333 e. The van der Waals surface area contributed by atoms with E-state index in [1.165, 1.54) is 13.8 Å². The summed E-state index contributed by atoms with van der Waals surface area (Å²) in [5.41, 5.74) is 1.83. The molecule has 0 aliphatic heterocycles. The lowest BCUT2D eigenvalue weighted by molar-refractivity contribution is 0.0936. The summed E-state index contributed by atoms with van der Waals surface area (Å²) in [6.45, 7) is 4.55. The third kappa shape index (κ3) is 1.69. The number of benzene rings is 1. The Morgan fingerprint density at radius 3 is 2.41 bits per heavy atom. The minimum Gasteiger partial charge on any atom is -0.305 e. The number of imidazole rings is 1. The molecule has 0 unspecified atom stereocenters. The summed E-state index contributed by atoms with van der Waals surface area (Å²) in [6.07, 6.45) is 0. The van der Waals surface area contributed by atoms with Crippen LogP contribution in [0.1, 0.15) is 34.6 Å². The second kappa shape index (κ2) is 3.69. The Kier molecular flexibility index (Phi) is 2.46. The molecular weight excluding hydrogens is 220 g/mol. The molecule has 5 heteroatoms. The van der Waals surface area contributed by atoms with Gasteiger partial charge in [-0.1, -0.05) is 0 Å². The minimum absolute atomic E-state index is 0.0897. The zero-order valence-corrected chi connectivity index (χ0v) is 9.83. The van der Waals surface area contributed by atoms with Crippen LogP contribution in [-0.4, -0.2) is 21.2 Å². The predicted molar refractivity (Wildman–Crippen MR) is 63.6 cm³/mol. The molecule has 0 bridgehead atoms. The SMILES string of the molecule is CC(=O)c1cc2c(cc1C)[nH]c(=O)n2C(C)=O. The molecule has 0 aliphatic carbocycles. The average molecular weight is 232 g/mol. The number of carbonyl (C=O) groups excluding carboxylic acids is 2. The topological polar surface area (TPSA) is 71.9 Å². The maximum atomic E-state index is 11.6. The van der Waals surface area contributed by atoms with Gasteiger partial charge in [0, 0.05) is 12.5 Å². The van der Waals surface area contributed by atoms with Gasteiger partial charge in [0.1, 0.15) is 0 Å². The zero-order valence-electron chi connectivity index (χ0n) is 9.83. The van der Waals surface area contributed by atoms with Gasteiger partial charge in [0.25, 0.3) is 0 Å². The Bertz CT molecular complexity index is 692. The summed E-state index contributed by atoms with van der Waals surface area (Å²) in [5, 5.41) is 0. The Hall–Kier alpha value is -2.17. The fourth-order valence-corrected chi connectivity index (χ4v) is 1.95. The van der Waals surface area contributed by atoms with Crippen LogP contribution >= 0.6 is 0 Å². The summed E-state index contributed by atoms with van der Waals surface area (Å²) in [5.74, 6) is -0.465. The molecule has 0 atom stereocenters. The molecule has 1 heterocycles. The van der Waals surface area contributed by atoms with Gasteiger partial charge in [0.2, 0.25) is 5.91 Å². The highest BCUT2D eigenvalue weighted by Crippen LogP contribution is 2.17. The molecule has 1 aromatic carbocycles. The quantitative estimate of drug-likeness (QED) is 0.757. The van der Waals surface area contributed by atoms with E-state index in [2.05, 4.69) is 4.98 Å². The van der Waals surface area contributed by atoms with Crippen LogP contribution in [0.5, 0.6) is 0 Å². The van der Waals surface area contributed by atoms with E-state index in [1.54, 1.807) is 19.1 Å². The van der Waals surface area contributed by atoms with Gasteiger partial charge in [-0.3, -0.25) is 9.59 Å². The highest BCUT2D eigenvalue weighted by molar-refractivity contribution is 6.00. The van der Waals surface area contributed by atoms with Gasteiger partial charge in [-0.25, -0.2) is 9.36 Å². The molecule has 0 fully saturated rings. The summed E-state index contributed by atoms with van der Waals surface area (Å²) in [4.78, 5) is 36.9. The van der Waals surface area contributed by atoms with Crippen LogP contribution in [0.15, 0.2) is 16.9 Å². The van der Waals surface area contributed by atoms with E-state index in [0.717, 1.165) is 10.1 Å². The van der Waals surface area contributed by atoms with Gasteiger partial charge in [-0.2, -0.15) is 0 Å². The summed E-state index contributed by atoms with van der Waals surface area (Å²) >= 11 is 0. The molecule has 0 aliphatic rings. The molecule has 0 saturated heterocycles. The number of aromatic amines is 1. The van der Waals surface area contributed by atoms with Gasteiger partial charge in [-0.15, -0.1) is 0 Å². The molecule has 0 saturated carbocycles. The first-order valence-electron chi connectivity index (χ1n) is 5.19. The fraction of sp³-hybridized carbons (Fsp3) is 0.250. The summed E-state index contributed by atoms with van der Waals surface area (Å²) in [6, 6.07) is 3.28. The van der Waals surface area contributed by atoms with E-state index in [4.69, 9.17) is 0 Å². The van der Waals surface area contributed by atoms with Gasteiger partial charge in [0.05, 0.1) is 11.0 Å². The number of rotatable bonds is 1. The van der Waals surface area contributed by atoms with E-state index in [0.29, 0.717) is 16.6 Å². The maximum absolute atomic E-state index is 11.6. The monoisotopic (exact) mass is 232 g/mol. The molecule has 5 nitrogen and oxygen atoms in total. The molecule has 2 aromatic rings. The molecule has 0 amide bonds. The normalized spacial score (nSPS) is 10.8. The van der Waals surface area contributed by atoms with Crippen molar-refractivity contribution in [3.63, 3.8) is 0 Å². The number of carbonyl (C=O) groups is 2. The van der Waals surface area contributed by atoms with Crippen molar-refractivity contribution in [3.05, 3.63) is 33.7 Å². The highest BCUT2D eigenvalue weighted by Gasteiger charge is 2.13. The van der Waals surface area contributed by atoms with Gasteiger partial charge < -0.3 is 4.98 Å². The first-order chi connectivity index (χ1) is 7.91. The lowest BCUT2D eigenvalue weighted by atomic mass is 10.0. The van der Waals surface area contributed by atoms with E-state index >= 15 is 0 Å². The highest BCUT2D eigenvalue weighted by atomic mass is 16.2. The molecule has 1 N–H and O–H groups in total. The van der Waals surface area contributed by atoms with E-state index in [1.807, 2.05) is 0 Å².